The summed E-state index contributed by atoms with van der Waals surface area (Å²) in [6, 6.07) is 0.423. The molecular formula is C10H7BrClFN2. The molecule has 0 N–H and O–H groups in total. The van der Waals surface area contributed by atoms with Crippen LogP contribution in [0.2, 0.25) is 5.15 Å². The molecule has 0 amide bonds. The Labute approximate surface area is 99.2 Å². The van der Waals surface area contributed by atoms with Gasteiger partial charge in [0, 0.05) is 28.3 Å². The fourth-order valence-electron chi connectivity index (χ4n) is 1.78. The van der Waals surface area contributed by atoms with E-state index in [2.05, 4.69) is 20.9 Å². The van der Waals surface area contributed by atoms with E-state index in [1.165, 1.54) is 0 Å². The first-order chi connectivity index (χ1) is 7.18. The Bertz CT molecular complexity index is 548. The Morgan fingerprint density at radius 1 is 1.53 bits per heavy atom. The van der Waals surface area contributed by atoms with Crippen LogP contribution in [0.25, 0.3) is 10.9 Å². The number of hydrogen-bond acceptors (Lipinski definition) is 1. The molecule has 3 rings (SSSR count). The van der Waals surface area contributed by atoms with E-state index in [0.29, 0.717) is 11.6 Å². The molecule has 0 bridgehead atoms. The summed E-state index contributed by atoms with van der Waals surface area (Å²) in [6.45, 7) is 0. The van der Waals surface area contributed by atoms with Crippen molar-refractivity contribution in [3.05, 3.63) is 27.8 Å². The van der Waals surface area contributed by atoms with E-state index in [1.807, 2.05) is 10.8 Å². The van der Waals surface area contributed by atoms with Gasteiger partial charge in [0.2, 0.25) is 0 Å². The van der Waals surface area contributed by atoms with Crippen LogP contribution >= 0.6 is 27.5 Å². The minimum atomic E-state index is -0.424. The maximum absolute atomic E-state index is 13.8. The summed E-state index contributed by atoms with van der Waals surface area (Å²) in [5.41, 5.74) is 0.560. The zero-order valence-electron chi connectivity index (χ0n) is 7.67. The maximum atomic E-state index is 13.8. The number of hydrogen-bond donors (Lipinski definition) is 0. The third-order valence-corrected chi connectivity index (χ3v) is 3.55. The molecule has 0 saturated heterocycles. The van der Waals surface area contributed by atoms with Crippen LogP contribution in [0, 0.1) is 5.82 Å². The Morgan fingerprint density at radius 2 is 2.27 bits per heavy atom. The Hall–Kier alpha value is -0.610. The molecule has 2 aromatic rings. The van der Waals surface area contributed by atoms with E-state index in [9.17, 15) is 4.39 Å². The predicted octanol–water partition coefficient (Wildman–Crippen LogP) is 3.93. The first-order valence-corrected chi connectivity index (χ1v) is 5.85. The van der Waals surface area contributed by atoms with E-state index in [4.69, 9.17) is 11.6 Å². The van der Waals surface area contributed by atoms with Gasteiger partial charge in [-0.25, -0.2) is 9.37 Å². The topological polar surface area (TPSA) is 17.8 Å². The van der Waals surface area contributed by atoms with E-state index < -0.39 is 5.82 Å². The molecule has 0 unspecified atom stereocenters. The van der Waals surface area contributed by atoms with Crippen LogP contribution in [0.3, 0.4) is 0 Å². The van der Waals surface area contributed by atoms with Crippen LogP contribution in [-0.2, 0) is 0 Å². The van der Waals surface area contributed by atoms with Crippen molar-refractivity contribution in [1.82, 2.24) is 9.55 Å². The summed E-state index contributed by atoms with van der Waals surface area (Å²) >= 11 is 9.08. The predicted molar refractivity (Wildman–Crippen MR) is 60.7 cm³/mol. The fourth-order valence-corrected chi connectivity index (χ4v) is 2.43. The van der Waals surface area contributed by atoms with E-state index >= 15 is 0 Å². The maximum Gasteiger partial charge on any atom is 0.184 e. The Morgan fingerprint density at radius 3 is 2.93 bits per heavy atom. The number of rotatable bonds is 1. The van der Waals surface area contributed by atoms with E-state index in [0.717, 1.165) is 22.7 Å². The highest BCUT2D eigenvalue weighted by atomic mass is 79.9. The van der Waals surface area contributed by atoms with Gasteiger partial charge < -0.3 is 4.57 Å². The first kappa shape index (κ1) is 9.60. The fraction of sp³-hybridized carbons (Fsp3) is 0.300. The minimum Gasteiger partial charge on any atom is -0.341 e. The van der Waals surface area contributed by atoms with Crippen molar-refractivity contribution in [3.63, 3.8) is 0 Å². The van der Waals surface area contributed by atoms with Gasteiger partial charge in [0.25, 0.3) is 0 Å². The highest BCUT2D eigenvalue weighted by molar-refractivity contribution is 9.10. The molecule has 78 valence electrons. The lowest BCUT2D eigenvalue weighted by Crippen LogP contribution is -1.94. The van der Waals surface area contributed by atoms with Crippen LogP contribution in [0.4, 0.5) is 4.39 Å². The van der Waals surface area contributed by atoms with Gasteiger partial charge in [0.1, 0.15) is 0 Å². The van der Waals surface area contributed by atoms with Crippen molar-refractivity contribution in [2.75, 3.05) is 0 Å². The van der Waals surface area contributed by atoms with Crippen LogP contribution in [0.15, 0.2) is 16.9 Å². The second-order valence-corrected chi connectivity index (χ2v) is 4.95. The third-order valence-electron chi connectivity index (χ3n) is 2.66. The van der Waals surface area contributed by atoms with Crippen molar-refractivity contribution >= 4 is 38.4 Å². The van der Waals surface area contributed by atoms with Gasteiger partial charge in [-0.3, -0.25) is 0 Å². The third kappa shape index (κ3) is 1.39. The number of aromatic nitrogens is 2. The smallest absolute Gasteiger partial charge is 0.184 e. The van der Waals surface area contributed by atoms with Gasteiger partial charge in [0.15, 0.2) is 11.0 Å². The van der Waals surface area contributed by atoms with E-state index in [1.54, 1.807) is 6.20 Å². The molecule has 0 spiro atoms. The average molecular weight is 290 g/mol. The quantitative estimate of drug-likeness (QED) is 0.727. The molecule has 1 fully saturated rings. The number of fused-ring (bicyclic) bond motifs is 1. The standard InChI is InChI=1S/C10H7BrClFN2/c11-7-4-15(5-1-2-5)9-6(7)3-14-10(12)8(9)13/h3-5H,1-2H2. The molecule has 15 heavy (non-hydrogen) atoms. The highest BCUT2D eigenvalue weighted by Crippen LogP contribution is 2.41. The largest absolute Gasteiger partial charge is 0.341 e. The Balaban J connectivity index is 2.40. The summed E-state index contributed by atoms with van der Waals surface area (Å²) in [6.07, 6.45) is 5.72. The van der Waals surface area contributed by atoms with Crippen LogP contribution < -0.4 is 0 Å². The minimum absolute atomic E-state index is 0.0602. The van der Waals surface area contributed by atoms with Gasteiger partial charge in [-0.2, -0.15) is 0 Å². The van der Waals surface area contributed by atoms with Gasteiger partial charge in [-0.1, -0.05) is 11.6 Å². The van der Waals surface area contributed by atoms with Crippen LogP contribution in [0.1, 0.15) is 18.9 Å². The summed E-state index contributed by atoms with van der Waals surface area (Å²) in [5.74, 6) is -0.424. The molecule has 0 aromatic carbocycles. The van der Waals surface area contributed by atoms with Crippen molar-refractivity contribution in [1.29, 1.82) is 0 Å². The molecule has 2 nitrogen and oxygen atoms in total. The molecule has 1 aliphatic carbocycles. The molecular weight excluding hydrogens is 282 g/mol. The number of pyridine rings is 1. The van der Waals surface area contributed by atoms with Crippen molar-refractivity contribution < 1.29 is 4.39 Å². The molecule has 0 radical (unpaired) electrons. The molecule has 2 aromatic heterocycles. The molecule has 0 atom stereocenters. The van der Waals surface area contributed by atoms with Crippen molar-refractivity contribution in [2.24, 2.45) is 0 Å². The van der Waals surface area contributed by atoms with E-state index in [-0.39, 0.29) is 5.15 Å². The zero-order chi connectivity index (χ0) is 10.6. The normalized spacial score (nSPS) is 16.2. The molecule has 0 aliphatic heterocycles. The average Bonchev–Trinajstić information content (AvgIpc) is 2.98. The number of nitrogens with zero attached hydrogens (tertiary/aromatic N) is 2. The van der Waals surface area contributed by atoms with Crippen molar-refractivity contribution in [3.8, 4) is 0 Å². The lowest BCUT2D eigenvalue weighted by molar-refractivity contribution is 0.619. The van der Waals surface area contributed by atoms with Gasteiger partial charge in [-0.15, -0.1) is 0 Å². The van der Waals surface area contributed by atoms with Gasteiger partial charge >= 0.3 is 0 Å². The molecule has 1 saturated carbocycles. The first-order valence-electron chi connectivity index (χ1n) is 4.68. The summed E-state index contributed by atoms with van der Waals surface area (Å²) < 4.78 is 16.6. The Kier molecular flexibility index (Phi) is 2.04. The van der Waals surface area contributed by atoms with Crippen molar-refractivity contribution in [2.45, 2.75) is 18.9 Å². The van der Waals surface area contributed by atoms with Gasteiger partial charge in [0.05, 0.1) is 5.52 Å². The SMILES string of the molecule is Fc1c(Cl)ncc2c(Br)cn(C3CC3)c12. The monoisotopic (exact) mass is 288 g/mol. The zero-order valence-corrected chi connectivity index (χ0v) is 10.0. The highest BCUT2D eigenvalue weighted by Gasteiger charge is 2.27. The van der Waals surface area contributed by atoms with Gasteiger partial charge in [-0.05, 0) is 28.8 Å². The summed E-state index contributed by atoms with van der Waals surface area (Å²) in [5, 5.41) is 0.721. The second-order valence-electron chi connectivity index (χ2n) is 3.74. The van der Waals surface area contributed by atoms with Crippen LogP contribution in [-0.4, -0.2) is 9.55 Å². The molecule has 2 heterocycles. The molecule has 1 aliphatic rings. The lowest BCUT2D eigenvalue weighted by atomic mass is 10.3. The van der Waals surface area contributed by atoms with Crippen LogP contribution in [0.5, 0.6) is 0 Å². The lowest BCUT2D eigenvalue weighted by Gasteiger charge is -2.03. The molecule has 5 heteroatoms. The summed E-state index contributed by atoms with van der Waals surface area (Å²) in [7, 11) is 0. The summed E-state index contributed by atoms with van der Waals surface area (Å²) in [4.78, 5) is 3.81. The second kappa shape index (κ2) is 3.19. The number of halogens is 3.